The summed E-state index contributed by atoms with van der Waals surface area (Å²) < 4.78 is 1.96. The molecular weight excluding hydrogens is 290 g/mol. The van der Waals surface area contributed by atoms with Crippen molar-refractivity contribution in [2.24, 2.45) is 5.92 Å². The van der Waals surface area contributed by atoms with Crippen molar-refractivity contribution in [2.75, 3.05) is 12.3 Å². The Kier molecular flexibility index (Phi) is 4.88. The highest BCUT2D eigenvalue weighted by Crippen LogP contribution is 2.32. The first-order chi connectivity index (χ1) is 9.45. The number of fused-ring (bicyclic) bond motifs is 1. The predicted molar refractivity (Wildman–Crippen MR) is 87.2 cm³/mol. The van der Waals surface area contributed by atoms with Crippen LogP contribution in [0.2, 0.25) is 0 Å². The van der Waals surface area contributed by atoms with Crippen LogP contribution >= 0.6 is 23.1 Å². The second-order valence-corrected chi connectivity index (χ2v) is 7.72. The Morgan fingerprint density at radius 3 is 2.90 bits per heavy atom. The third kappa shape index (κ3) is 3.86. The molecule has 3 N–H and O–H groups in total. The number of anilines is 1. The smallest absolute Gasteiger partial charge is 0.233 e. The molecule has 0 aliphatic rings. The number of carbonyl (C=O) groups excluding carboxylic acids is 1. The van der Waals surface area contributed by atoms with Gasteiger partial charge < -0.3 is 11.1 Å². The molecule has 1 atom stereocenters. The SMILES string of the molecule is CC(C)CNC(=O)C(C)Sc1nc2ccc(N)cc2s1. The number of aromatic nitrogens is 1. The van der Waals surface area contributed by atoms with E-state index in [4.69, 9.17) is 5.73 Å². The fourth-order valence-electron chi connectivity index (χ4n) is 1.62. The fraction of sp³-hybridized carbons (Fsp3) is 0.429. The average molecular weight is 309 g/mol. The van der Waals surface area contributed by atoms with E-state index in [-0.39, 0.29) is 11.2 Å². The predicted octanol–water partition coefficient (Wildman–Crippen LogP) is 3.13. The van der Waals surface area contributed by atoms with Crippen molar-refractivity contribution in [3.05, 3.63) is 18.2 Å². The molecule has 108 valence electrons. The van der Waals surface area contributed by atoms with Crippen molar-refractivity contribution in [1.29, 1.82) is 0 Å². The van der Waals surface area contributed by atoms with Crippen LogP contribution in [0.5, 0.6) is 0 Å². The number of rotatable bonds is 5. The number of nitrogen functional groups attached to an aromatic ring is 1. The standard InChI is InChI=1S/C14H19N3OS2/c1-8(2)7-16-13(18)9(3)19-14-17-11-5-4-10(15)6-12(11)20-14/h4-6,8-9H,7,15H2,1-3H3,(H,16,18). The van der Waals surface area contributed by atoms with E-state index in [1.165, 1.54) is 11.8 Å². The quantitative estimate of drug-likeness (QED) is 0.658. The first-order valence-electron chi connectivity index (χ1n) is 6.56. The summed E-state index contributed by atoms with van der Waals surface area (Å²) in [4.78, 5) is 16.5. The summed E-state index contributed by atoms with van der Waals surface area (Å²) in [6, 6.07) is 5.67. The summed E-state index contributed by atoms with van der Waals surface area (Å²) in [5.74, 6) is 0.518. The van der Waals surface area contributed by atoms with Crippen LogP contribution in [-0.2, 0) is 4.79 Å². The lowest BCUT2D eigenvalue weighted by atomic mass is 10.2. The van der Waals surface area contributed by atoms with Gasteiger partial charge in [0.1, 0.15) is 0 Å². The van der Waals surface area contributed by atoms with Gasteiger partial charge in [-0.2, -0.15) is 0 Å². The maximum absolute atomic E-state index is 11.9. The second-order valence-electron chi connectivity index (χ2n) is 5.11. The van der Waals surface area contributed by atoms with Gasteiger partial charge in [0.25, 0.3) is 0 Å². The van der Waals surface area contributed by atoms with Gasteiger partial charge in [-0.15, -0.1) is 11.3 Å². The Hall–Kier alpha value is -1.27. The van der Waals surface area contributed by atoms with Gasteiger partial charge >= 0.3 is 0 Å². The van der Waals surface area contributed by atoms with E-state index in [9.17, 15) is 4.79 Å². The molecule has 2 aromatic rings. The van der Waals surface area contributed by atoms with Gasteiger partial charge in [-0.1, -0.05) is 25.6 Å². The lowest BCUT2D eigenvalue weighted by Crippen LogP contribution is -2.33. The maximum Gasteiger partial charge on any atom is 0.233 e. The zero-order valence-electron chi connectivity index (χ0n) is 11.8. The minimum Gasteiger partial charge on any atom is -0.399 e. The zero-order chi connectivity index (χ0) is 14.7. The lowest BCUT2D eigenvalue weighted by molar-refractivity contribution is -0.120. The summed E-state index contributed by atoms with van der Waals surface area (Å²) in [6.07, 6.45) is 0. The number of thiazole rings is 1. The molecule has 1 heterocycles. The number of benzene rings is 1. The van der Waals surface area contributed by atoms with E-state index in [0.29, 0.717) is 12.5 Å². The number of nitrogens with one attached hydrogen (secondary N) is 1. The molecule has 0 radical (unpaired) electrons. The molecule has 0 fully saturated rings. The van der Waals surface area contributed by atoms with Crippen LogP contribution in [-0.4, -0.2) is 22.7 Å². The molecule has 1 aromatic carbocycles. The van der Waals surface area contributed by atoms with Crippen LogP contribution in [0.3, 0.4) is 0 Å². The number of carbonyl (C=O) groups is 1. The monoisotopic (exact) mass is 309 g/mol. The van der Waals surface area contributed by atoms with Crippen molar-refractivity contribution in [1.82, 2.24) is 10.3 Å². The molecule has 20 heavy (non-hydrogen) atoms. The van der Waals surface area contributed by atoms with Crippen molar-refractivity contribution >= 4 is 44.9 Å². The van der Waals surface area contributed by atoms with E-state index >= 15 is 0 Å². The summed E-state index contributed by atoms with van der Waals surface area (Å²) in [7, 11) is 0. The number of amides is 1. The molecule has 1 amide bonds. The van der Waals surface area contributed by atoms with E-state index < -0.39 is 0 Å². The summed E-state index contributed by atoms with van der Waals surface area (Å²) in [6.45, 7) is 6.77. The van der Waals surface area contributed by atoms with Gasteiger partial charge in [0.15, 0.2) is 4.34 Å². The molecule has 0 saturated carbocycles. The average Bonchev–Trinajstić information content (AvgIpc) is 2.76. The number of thioether (sulfide) groups is 1. The first kappa shape index (κ1) is 15.1. The summed E-state index contributed by atoms with van der Waals surface area (Å²) >= 11 is 3.06. The molecule has 1 unspecified atom stereocenters. The van der Waals surface area contributed by atoms with Crippen LogP contribution in [0.25, 0.3) is 10.2 Å². The number of nitrogens with two attached hydrogens (primary N) is 1. The van der Waals surface area contributed by atoms with Gasteiger partial charge in [0, 0.05) is 12.2 Å². The first-order valence-corrected chi connectivity index (χ1v) is 8.25. The molecule has 1 aromatic heterocycles. The van der Waals surface area contributed by atoms with Gasteiger partial charge in [0.2, 0.25) is 5.91 Å². The molecule has 0 aliphatic heterocycles. The summed E-state index contributed by atoms with van der Waals surface area (Å²) in [5, 5.41) is 2.80. The van der Waals surface area contributed by atoms with Crippen molar-refractivity contribution in [2.45, 2.75) is 30.4 Å². The molecule has 4 nitrogen and oxygen atoms in total. The topological polar surface area (TPSA) is 68.0 Å². The van der Waals surface area contributed by atoms with Gasteiger partial charge in [-0.05, 0) is 31.0 Å². The van der Waals surface area contributed by atoms with E-state index in [1.807, 2.05) is 25.1 Å². The van der Waals surface area contributed by atoms with Crippen LogP contribution in [0, 0.1) is 5.92 Å². The van der Waals surface area contributed by atoms with Gasteiger partial charge in [0.05, 0.1) is 15.5 Å². The second kappa shape index (κ2) is 6.45. The number of hydrogen-bond acceptors (Lipinski definition) is 5. The van der Waals surface area contributed by atoms with E-state index in [1.54, 1.807) is 11.3 Å². The highest BCUT2D eigenvalue weighted by Gasteiger charge is 2.16. The molecule has 6 heteroatoms. The van der Waals surface area contributed by atoms with Crippen molar-refractivity contribution in [3.8, 4) is 0 Å². The Morgan fingerprint density at radius 2 is 2.20 bits per heavy atom. The summed E-state index contributed by atoms with van der Waals surface area (Å²) in [5.41, 5.74) is 7.43. The molecular formula is C14H19N3OS2. The van der Waals surface area contributed by atoms with Gasteiger partial charge in [-0.25, -0.2) is 4.98 Å². The Labute approximate surface area is 127 Å². The highest BCUT2D eigenvalue weighted by molar-refractivity contribution is 8.02. The molecule has 0 aliphatic carbocycles. The minimum atomic E-state index is -0.147. The van der Waals surface area contributed by atoms with Crippen molar-refractivity contribution in [3.63, 3.8) is 0 Å². The Balaban J connectivity index is 2.02. The normalized spacial score (nSPS) is 12.8. The molecule has 0 spiro atoms. The molecule has 0 bridgehead atoms. The fourth-order valence-corrected chi connectivity index (χ4v) is 3.91. The Bertz CT molecular complexity index is 609. The molecule has 2 rings (SSSR count). The number of nitrogens with zero attached hydrogens (tertiary/aromatic N) is 1. The van der Waals surface area contributed by atoms with Crippen molar-refractivity contribution < 1.29 is 4.79 Å². The van der Waals surface area contributed by atoms with Crippen LogP contribution in [0.1, 0.15) is 20.8 Å². The van der Waals surface area contributed by atoms with E-state index in [0.717, 1.165) is 20.2 Å². The number of hydrogen-bond donors (Lipinski definition) is 2. The maximum atomic E-state index is 11.9. The third-order valence-corrected chi connectivity index (χ3v) is 4.94. The van der Waals surface area contributed by atoms with Gasteiger partial charge in [-0.3, -0.25) is 4.79 Å². The van der Waals surface area contributed by atoms with E-state index in [2.05, 4.69) is 24.1 Å². The highest BCUT2D eigenvalue weighted by atomic mass is 32.2. The van der Waals surface area contributed by atoms with Crippen LogP contribution in [0.15, 0.2) is 22.5 Å². The minimum absolute atomic E-state index is 0.0578. The largest absolute Gasteiger partial charge is 0.399 e. The van der Waals surface area contributed by atoms with Crippen LogP contribution in [0.4, 0.5) is 5.69 Å². The lowest BCUT2D eigenvalue weighted by Gasteiger charge is -2.11. The molecule has 0 saturated heterocycles. The zero-order valence-corrected chi connectivity index (χ0v) is 13.5. The third-order valence-electron chi connectivity index (χ3n) is 2.72. The van der Waals surface area contributed by atoms with Crippen LogP contribution < -0.4 is 11.1 Å². The Morgan fingerprint density at radius 1 is 1.45 bits per heavy atom.